The van der Waals surface area contributed by atoms with Crippen LogP contribution in [0.25, 0.3) is 0 Å². The molecule has 0 bridgehead atoms. The molecule has 1 amide bonds. The number of amides is 1. The van der Waals surface area contributed by atoms with Crippen molar-refractivity contribution < 1.29 is 4.79 Å². The number of nitrogens with one attached hydrogen (secondary N) is 3. The Hall–Kier alpha value is -3.20. The van der Waals surface area contributed by atoms with E-state index in [0.717, 1.165) is 4.47 Å². The van der Waals surface area contributed by atoms with E-state index >= 15 is 0 Å². The van der Waals surface area contributed by atoms with E-state index in [0.29, 0.717) is 17.2 Å². The summed E-state index contributed by atoms with van der Waals surface area (Å²) < 4.78 is 0.861. The average Bonchev–Trinajstić information content (AvgIpc) is 2.64. The fourth-order valence-electron chi connectivity index (χ4n) is 1.94. The molecule has 2 heterocycles. The van der Waals surface area contributed by atoms with Gasteiger partial charge in [0.15, 0.2) is 11.6 Å². The number of nitrogens with two attached hydrogens (primary N) is 1. The largest absolute Gasteiger partial charge is 0.393 e. The van der Waals surface area contributed by atoms with Gasteiger partial charge in [-0.15, -0.1) is 0 Å². The molecule has 0 unspecified atom stereocenters. The summed E-state index contributed by atoms with van der Waals surface area (Å²) in [6.45, 7) is 0. The third kappa shape index (κ3) is 4.21. The van der Waals surface area contributed by atoms with Gasteiger partial charge in [-0.3, -0.25) is 15.6 Å². The van der Waals surface area contributed by atoms with Crippen LogP contribution in [0.4, 0.5) is 23.1 Å². The van der Waals surface area contributed by atoms with Crippen LogP contribution in [0, 0.1) is 0 Å². The van der Waals surface area contributed by atoms with Crippen molar-refractivity contribution in [3.05, 3.63) is 65.0 Å². The van der Waals surface area contributed by atoms with Gasteiger partial charge in [-0.05, 0) is 40.2 Å². The van der Waals surface area contributed by atoms with Crippen LogP contribution in [-0.4, -0.2) is 20.9 Å². The Balaban J connectivity index is 1.70. The summed E-state index contributed by atoms with van der Waals surface area (Å²) in [5.74, 6) is 0.927. The number of aromatic nitrogens is 3. The van der Waals surface area contributed by atoms with Gasteiger partial charge >= 0.3 is 0 Å². The molecule has 0 spiro atoms. The zero-order valence-corrected chi connectivity index (χ0v) is 14.5. The van der Waals surface area contributed by atoms with Crippen LogP contribution in [0.2, 0.25) is 0 Å². The van der Waals surface area contributed by atoms with Crippen LogP contribution in [0.15, 0.2) is 59.5 Å². The lowest BCUT2D eigenvalue weighted by atomic mass is 10.2. The number of halogens is 1. The van der Waals surface area contributed by atoms with Gasteiger partial charge in [-0.1, -0.05) is 18.2 Å². The summed E-state index contributed by atoms with van der Waals surface area (Å²) in [6.07, 6.45) is 2.98. The molecule has 5 N–H and O–H groups in total. The number of carbonyl (C=O) groups excluding carboxylic acids is 1. The third-order valence-electron chi connectivity index (χ3n) is 3.19. The van der Waals surface area contributed by atoms with E-state index in [1.807, 2.05) is 12.1 Å². The predicted molar refractivity (Wildman–Crippen MR) is 99.2 cm³/mol. The van der Waals surface area contributed by atoms with Gasteiger partial charge in [0.25, 0.3) is 5.91 Å². The summed E-state index contributed by atoms with van der Waals surface area (Å²) in [7, 11) is 0. The number of benzene rings is 1. The Labute approximate surface area is 152 Å². The Morgan fingerprint density at radius 2 is 1.76 bits per heavy atom. The highest BCUT2D eigenvalue weighted by Gasteiger charge is 2.10. The molecule has 0 aliphatic rings. The van der Waals surface area contributed by atoms with Crippen LogP contribution in [-0.2, 0) is 0 Å². The quantitative estimate of drug-likeness (QED) is 0.487. The number of carbonyl (C=O) groups is 1. The molecule has 0 fully saturated rings. The highest BCUT2D eigenvalue weighted by molar-refractivity contribution is 9.10. The van der Waals surface area contributed by atoms with Crippen molar-refractivity contribution in [2.75, 3.05) is 16.5 Å². The van der Waals surface area contributed by atoms with Crippen LogP contribution < -0.4 is 21.9 Å². The first kappa shape index (κ1) is 16.7. The highest BCUT2D eigenvalue weighted by Crippen LogP contribution is 2.24. The Kier molecular flexibility index (Phi) is 5.05. The molecule has 1 aromatic carbocycles. The summed E-state index contributed by atoms with van der Waals surface area (Å²) in [5.41, 5.74) is 12.1. The van der Waals surface area contributed by atoms with Crippen LogP contribution >= 0.6 is 15.9 Å². The normalized spacial score (nSPS) is 10.1. The molecule has 3 aromatic rings. The molecule has 9 heteroatoms. The maximum Gasteiger partial charge on any atom is 0.269 e. The predicted octanol–water partition coefficient (Wildman–Crippen LogP) is 2.72. The number of rotatable bonds is 5. The maximum atomic E-state index is 12.0. The standard InChI is InChI=1S/C16H14BrN7O/c17-11-6-7-12(19-8-11)22-14-13(18)15(21-9-20-14)23-24-16(25)10-4-2-1-3-5-10/h1-9H,18H2,(H,24,25)(H2,19,20,21,22,23). The van der Waals surface area contributed by atoms with E-state index in [1.54, 1.807) is 36.5 Å². The number of nitrogen functional groups attached to an aromatic ring is 1. The molecule has 126 valence electrons. The lowest BCUT2D eigenvalue weighted by molar-refractivity contribution is 0.0962. The zero-order valence-electron chi connectivity index (χ0n) is 12.9. The van der Waals surface area contributed by atoms with Gasteiger partial charge in [0, 0.05) is 16.2 Å². The Morgan fingerprint density at radius 3 is 2.48 bits per heavy atom. The number of hydrazine groups is 1. The zero-order chi connectivity index (χ0) is 17.6. The van der Waals surface area contributed by atoms with Gasteiger partial charge in [0.05, 0.1) is 0 Å². The SMILES string of the molecule is Nc1c(NNC(=O)c2ccccc2)ncnc1Nc1ccc(Br)cn1. The van der Waals surface area contributed by atoms with Crippen molar-refractivity contribution in [1.82, 2.24) is 20.4 Å². The van der Waals surface area contributed by atoms with E-state index in [-0.39, 0.29) is 17.4 Å². The van der Waals surface area contributed by atoms with E-state index in [1.165, 1.54) is 6.33 Å². The maximum absolute atomic E-state index is 12.0. The lowest BCUT2D eigenvalue weighted by Gasteiger charge is -2.12. The van der Waals surface area contributed by atoms with E-state index in [9.17, 15) is 4.79 Å². The number of pyridine rings is 1. The third-order valence-corrected chi connectivity index (χ3v) is 3.66. The molecular weight excluding hydrogens is 386 g/mol. The van der Waals surface area contributed by atoms with Crippen LogP contribution in [0.1, 0.15) is 10.4 Å². The first-order valence-electron chi connectivity index (χ1n) is 7.24. The lowest BCUT2D eigenvalue weighted by Crippen LogP contribution is -2.30. The molecule has 3 rings (SSSR count). The van der Waals surface area contributed by atoms with Crippen molar-refractivity contribution in [2.24, 2.45) is 0 Å². The van der Waals surface area contributed by atoms with Gasteiger partial charge in [-0.2, -0.15) is 0 Å². The monoisotopic (exact) mass is 399 g/mol. The molecule has 0 aliphatic carbocycles. The summed E-state index contributed by atoms with van der Waals surface area (Å²) >= 11 is 3.32. The molecule has 8 nitrogen and oxygen atoms in total. The van der Waals surface area contributed by atoms with E-state index < -0.39 is 0 Å². The minimum absolute atomic E-state index is 0.251. The fourth-order valence-corrected chi connectivity index (χ4v) is 2.18. The van der Waals surface area contributed by atoms with Crippen molar-refractivity contribution in [1.29, 1.82) is 0 Å². The molecule has 0 atom stereocenters. The summed E-state index contributed by atoms with van der Waals surface area (Å²) in [6, 6.07) is 12.4. The number of anilines is 4. The smallest absolute Gasteiger partial charge is 0.269 e. The minimum Gasteiger partial charge on any atom is -0.393 e. The molecule has 0 saturated carbocycles. The van der Waals surface area contributed by atoms with Gasteiger partial charge in [-0.25, -0.2) is 15.0 Å². The molecule has 0 saturated heterocycles. The van der Waals surface area contributed by atoms with Crippen molar-refractivity contribution in [3.8, 4) is 0 Å². The minimum atomic E-state index is -0.303. The second-order valence-electron chi connectivity index (χ2n) is 4.92. The van der Waals surface area contributed by atoms with Gasteiger partial charge in [0.1, 0.15) is 17.8 Å². The molecule has 2 aromatic heterocycles. The molecule has 0 radical (unpaired) electrons. The van der Waals surface area contributed by atoms with Crippen LogP contribution in [0.3, 0.4) is 0 Å². The number of nitrogens with zero attached hydrogens (tertiary/aromatic N) is 3. The molecular formula is C16H14BrN7O. The summed E-state index contributed by atoms with van der Waals surface area (Å²) in [4.78, 5) is 24.4. The van der Waals surface area contributed by atoms with Crippen molar-refractivity contribution >= 4 is 45.0 Å². The van der Waals surface area contributed by atoms with Gasteiger partial charge < -0.3 is 11.1 Å². The fraction of sp³-hybridized carbons (Fsp3) is 0. The van der Waals surface area contributed by atoms with Crippen molar-refractivity contribution in [3.63, 3.8) is 0 Å². The second-order valence-corrected chi connectivity index (χ2v) is 5.83. The van der Waals surface area contributed by atoms with Crippen molar-refractivity contribution in [2.45, 2.75) is 0 Å². The summed E-state index contributed by atoms with van der Waals surface area (Å²) in [5, 5.41) is 3.00. The first-order chi connectivity index (χ1) is 12.1. The number of hydrogen-bond donors (Lipinski definition) is 4. The topological polar surface area (TPSA) is 118 Å². The van der Waals surface area contributed by atoms with E-state index in [4.69, 9.17) is 5.73 Å². The Morgan fingerprint density at radius 1 is 1.00 bits per heavy atom. The van der Waals surface area contributed by atoms with E-state index in [2.05, 4.69) is 47.1 Å². The number of hydrogen-bond acceptors (Lipinski definition) is 7. The molecule has 25 heavy (non-hydrogen) atoms. The second kappa shape index (κ2) is 7.58. The highest BCUT2D eigenvalue weighted by atomic mass is 79.9. The Bertz CT molecular complexity index is 871. The average molecular weight is 400 g/mol. The molecule has 0 aliphatic heterocycles. The van der Waals surface area contributed by atoms with Crippen LogP contribution in [0.5, 0.6) is 0 Å². The first-order valence-corrected chi connectivity index (χ1v) is 8.03. The van der Waals surface area contributed by atoms with Gasteiger partial charge in [0.2, 0.25) is 0 Å².